The van der Waals surface area contributed by atoms with Gasteiger partial charge < -0.3 is 15.2 Å². The first kappa shape index (κ1) is 16.9. The normalized spacial score (nSPS) is 11.8. The van der Waals surface area contributed by atoms with Crippen molar-refractivity contribution in [1.29, 1.82) is 0 Å². The molecular weight excluding hydrogens is 277 g/mol. The van der Waals surface area contributed by atoms with Gasteiger partial charge in [0.2, 0.25) is 5.91 Å². The SMILES string of the molecule is COc1ccc(CC(=O)NCC(C)CCC(=O)O)cc1F. The summed E-state index contributed by atoms with van der Waals surface area (Å²) in [5.74, 6) is -1.35. The van der Waals surface area contributed by atoms with Gasteiger partial charge in [-0.25, -0.2) is 4.39 Å². The lowest BCUT2D eigenvalue weighted by Gasteiger charge is -2.11. The standard InChI is InChI=1S/C15H20FNO4/c1-10(3-6-15(19)20)9-17-14(18)8-11-4-5-13(21-2)12(16)7-11/h4-5,7,10H,3,6,8-9H2,1-2H3,(H,17,18)(H,19,20). The molecule has 6 heteroatoms. The average molecular weight is 297 g/mol. The number of methoxy groups -OCH3 is 1. The third-order valence-electron chi connectivity index (χ3n) is 3.08. The quantitative estimate of drug-likeness (QED) is 0.769. The predicted octanol–water partition coefficient (Wildman–Crippen LogP) is 1.99. The number of amides is 1. The van der Waals surface area contributed by atoms with Gasteiger partial charge in [-0.2, -0.15) is 0 Å². The molecule has 1 rings (SSSR count). The second kappa shape index (κ2) is 8.24. The van der Waals surface area contributed by atoms with Crippen molar-refractivity contribution in [2.75, 3.05) is 13.7 Å². The molecule has 0 saturated carbocycles. The summed E-state index contributed by atoms with van der Waals surface area (Å²) in [6, 6.07) is 4.38. The number of nitrogens with one attached hydrogen (secondary N) is 1. The van der Waals surface area contributed by atoms with E-state index in [4.69, 9.17) is 9.84 Å². The first-order valence-electron chi connectivity index (χ1n) is 6.73. The highest BCUT2D eigenvalue weighted by atomic mass is 19.1. The maximum atomic E-state index is 13.5. The van der Waals surface area contributed by atoms with Gasteiger partial charge in [0, 0.05) is 13.0 Å². The Balaban J connectivity index is 2.40. The number of halogens is 1. The molecule has 21 heavy (non-hydrogen) atoms. The minimum atomic E-state index is -0.845. The van der Waals surface area contributed by atoms with Crippen molar-refractivity contribution in [3.05, 3.63) is 29.6 Å². The Hall–Kier alpha value is -2.11. The number of carbonyl (C=O) groups is 2. The summed E-state index contributed by atoms with van der Waals surface area (Å²) >= 11 is 0. The largest absolute Gasteiger partial charge is 0.494 e. The Morgan fingerprint density at radius 2 is 2.14 bits per heavy atom. The smallest absolute Gasteiger partial charge is 0.303 e. The lowest BCUT2D eigenvalue weighted by Crippen LogP contribution is -2.29. The van der Waals surface area contributed by atoms with Crippen LogP contribution < -0.4 is 10.1 Å². The Morgan fingerprint density at radius 1 is 1.43 bits per heavy atom. The third-order valence-corrected chi connectivity index (χ3v) is 3.08. The van der Waals surface area contributed by atoms with E-state index in [1.165, 1.54) is 19.2 Å². The summed E-state index contributed by atoms with van der Waals surface area (Å²) in [6.07, 6.45) is 0.667. The zero-order valence-corrected chi connectivity index (χ0v) is 12.2. The van der Waals surface area contributed by atoms with Gasteiger partial charge in [-0.3, -0.25) is 9.59 Å². The van der Waals surface area contributed by atoms with Crippen molar-refractivity contribution in [2.45, 2.75) is 26.2 Å². The van der Waals surface area contributed by atoms with Gasteiger partial charge in [0.1, 0.15) is 0 Å². The second-order valence-corrected chi connectivity index (χ2v) is 4.99. The van der Waals surface area contributed by atoms with Crippen LogP contribution in [0.2, 0.25) is 0 Å². The lowest BCUT2D eigenvalue weighted by molar-refractivity contribution is -0.137. The monoisotopic (exact) mass is 297 g/mol. The fourth-order valence-electron chi connectivity index (χ4n) is 1.83. The van der Waals surface area contributed by atoms with Gasteiger partial charge >= 0.3 is 5.97 Å². The van der Waals surface area contributed by atoms with Crippen molar-refractivity contribution in [2.24, 2.45) is 5.92 Å². The minimum Gasteiger partial charge on any atom is -0.494 e. The topological polar surface area (TPSA) is 75.6 Å². The average Bonchev–Trinajstić information content (AvgIpc) is 2.43. The van der Waals surface area contributed by atoms with Crippen molar-refractivity contribution in [3.8, 4) is 5.75 Å². The molecule has 5 nitrogen and oxygen atoms in total. The van der Waals surface area contributed by atoms with E-state index in [2.05, 4.69) is 5.32 Å². The van der Waals surface area contributed by atoms with Crippen LogP contribution in [0.3, 0.4) is 0 Å². The van der Waals surface area contributed by atoms with Crippen molar-refractivity contribution < 1.29 is 23.8 Å². The molecular formula is C15H20FNO4. The van der Waals surface area contributed by atoms with Crippen LogP contribution in [-0.2, 0) is 16.0 Å². The summed E-state index contributed by atoms with van der Waals surface area (Å²) in [6.45, 7) is 2.28. The van der Waals surface area contributed by atoms with Gasteiger partial charge in [0.15, 0.2) is 11.6 Å². The lowest BCUT2D eigenvalue weighted by atomic mass is 10.1. The van der Waals surface area contributed by atoms with Crippen LogP contribution in [0, 0.1) is 11.7 Å². The summed E-state index contributed by atoms with van der Waals surface area (Å²) < 4.78 is 18.3. The minimum absolute atomic E-state index is 0.0760. The number of hydrogen-bond donors (Lipinski definition) is 2. The van der Waals surface area contributed by atoms with Gasteiger partial charge in [0.25, 0.3) is 0 Å². The number of hydrogen-bond acceptors (Lipinski definition) is 3. The Morgan fingerprint density at radius 3 is 2.71 bits per heavy atom. The van der Waals surface area contributed by atoms with Crippen LogP contribution >= 0.6 is 0 Å². The molecule has 0 heterocycles. The molecule has 1 atom stereocenters. The zero-order chi connectivity index (χ0) is 15.8. The number of benzene rings is 1. The molecule has 0 aliphatic rings. The van der Waals surface area contributed by atoms with Crippen molar-refractivity contribution in [3.63, 3.8) is 0 Å². The first-order chi connectivity index (χ1) is 9.92. The van der Waals surface area contributed by atoms with E-state index in [0.717, 1.165) is 0 Å². The molecule has 0 aliphatic carbocycles. The molecule has 2 N–H and O–H groups in total. The van der Waals surface area contributed by atoms with Gasteiger partial charge in [0.05, 0.1) is 13.5 Å². The molecule has 0 bridgehead atoms. The Kier molecular flexibility index (Phi) is 6.65. The molecule has 0 spiro atoms. The molecule has 116 valence electrons. The zero-order valence-electron chi connectivity index (χ0n) is 12.2. The number of aliphatic carboxylic acids is 1. The first-order valence-corrected chi connectivity index (χ1v) is 6.73. The van der Waals surface area contributed by atoms with Crippen LogP contribution in [0.4, 0.5) is 4.39 Å². The molecule has 0 fully saturated rings. The molecule has 0 aromatic heterocycles. The molecule has 1 aromatic rings. The fraction of sp³-hybridized carbons (Fsp3) is 0.467. The number of carboxylic acids is 1. The maximum Gasteiger partial charge on any atom is 0.303 e. The van der Waals surface area contributed by atoms with E-state index < -0.39 is 11.8 Å². The molecule has 0 aliphatic heterocycles. The van der Waals surface area contributed by atoms with E-state index in [1.54, 1.807) is 6.07 Å². The van der Waals surface area contributed by atoms with E-state index in [9.17, 15) is 14.0 Å². The third kappa shape index (κ3) is 6.25. The number of carbonyl (C=O) groups excluding carboxylic acids is 1. The summed E-state index contributed by atoms with van der Waals surface area (Å²) in [4.78, 5) is 22.2. The van der Waals surface area contributed by atoms with E-state index in [-0.39, 0.29) is 30.4 Å². The van der Waals surface area contributed by atoms with Crippen molar-refractivity contribution in [1.82, 2.24) is 5.32 Å². The van der Waals surface area contributed by atoms with E-state index in [0.29, 0.717) is 18.5 Å². The highest BCUT2D eigenvalue weighted by molar-refractivity contribution is 5.78. The fourth-order valence-corrected chi connectivity index (χ4v) is 1.83. The highest BCUT2D eigenvalue weighted by Crippen LogP contribution is 2.17. The molecule has 1 unspecified atom stereocenters. The molecule has 1 aromatic carbocycles. The Labute approximate surface area is 123 Å². The highest BCUT2D eigenvalue weighted by Gasteiger charge is 2.10. The predicted molar refractivity (Wildman–Crippen MR) is 75.7 cm³/mol. The number of ether oxygens (including phenoxy) is 1. The summed E-state index contributed by atoms with van der Waals surface area (Å²) in [5.41, 5.74) is 0.559. The van der Waals surface area contributed by atoms with Gasteiger partial charge in [-0.05, 0) is 30.0 Å². The number of carboxylic acid groups (broad SMARTS) is 1. The number of rotatable bonds is 8. The molecule has 0 radical (unpaired) electrons. The van der Waals surface area contributed by atoms with Gasteiger partial charge in [-0.1, -0.05) is 13.0 Å². The van der Waals surface area contributed by atoms with Crippen LogP contribution in [0.25, 0.3) is 0 Å². The van der Waals surface area contributed by atoms with Crippen LogP contribution in [-0.4, -0.2) is 30.6 Å². The molecule has 1 amide bonds. The Bertz CT molecular complexity index is 504. The summed E-state index contributed by atoms with van der Waals surface area (Å²) in [7, 11) is 1.38. The van der Waals surface area contributed by atoms with Crippen LogP contribution in [0.15, 0.2) is 18.2 Å². The van der Waals surface area contributed by atoms with Crippen LogP contribution in [0.1, 0.15) is 25.3 Å². The van der Waals surface area contributed by atoms with E-state index in [1.807, 2.05) is 6.92 Å². The maximum absolute atomic E-state index is 13.5. The van der Waals surface area contributed by atoms with E-state index >= 15 is 0 Å². The molecule has 0 saturated heterocycles. The van der Waals surface area contributed by atoms with Crippen molar-refractivity contribution >= 4 is 11.9 Å². The second-order valence-electron chi connectivity index (χ2n) is 4.99. The van der Waals surface area contributed by atoms with Crippen LogP contribution in [0.5, 0.6) is 5.75 Å². The summed E-state index contributed by atoms with van der Waals surface area (Å²) in [5, 5.41) is 11.3. The van der Waals surface area contributed by atoms with Gasteiger partial charge in [-0.15, -0.1) is 0 Å².